The number of aromatic hydroxyl groups is 2. The molecule has 3 aromatic rings. The van der Waals surface area contributed by atoms with E-state index in [2.05, 4.69) is 36.8 Å². The summed E-state index contributed by atoms with van der Waals surface area (Å²) in [5, 5.41) is 29.4. The molecule has 24 heavy (non-hydrogen) atoms. The van der Waals surface area contributed by atoms with Crippen molar-refractivity contribution in [1.82, 2.24) is 4.98 Å². The van der Waals surface area contributed by atoms with Crippen molar-refractivity contribution >= 4 is 49.2 Å². The van der Waals surface area contributed by atoms with Gasteiger partial charge >= 0.3 is 5.97 Å². The lowest BCUT2D eigenvalue weighted by Gasteiger charge is -2.07. The second kappa shape index (κ2) is 6.54. The van der Waals surface area contributed by atoms with Crippen molar-refractivity contribution in [3.05, 3.63) is 51.0 Å². The number of nitrogens with zero attached hydrogens (tertiary/aromatic N) is 1. The Morgan fingerprint density at radius 2 is 1.88 bits per heavy atom. The van der Waals surface area contributed by atoms with Crippen molar-refractivity contribution in [2.45, 2.75) is 0 Å². The molecule has 0 aliphatic carbocycles. The summed E-state index contributed by atoms with van der Waals surface area (Å²) in [6.45, 7) is 0. The lowest BCUT2D eigenvalue weighted by molar-refractivity contribution is 0.0697. The van der Waals surface area contributed by atoms with E-state index in [1.54, 1.807) is 24.4 Å². The second-order valence-electron chi connectivity index (χ2n) is 4.83. The van der Waals surface area contributed by atoms with E-state index in [1.165, 1.54) is 17.4 Å². The van der Waals surface area contributed by atoms with E-state index in [0.717, 1.165) is 10.4 Å². The minimum atomic E-state index is -0.989. The highest BCUT2D eigenvalue weighted by Crippen LogP contribution is 2.46. The number of carboxylic acid groups (broad SMARTS) is 1. The molecular weight excluding hydrogens is 462 g/mol. The first kappa shape index (κ1) is 16.9. The molecule has 0 aliphatic rings. The predicted molar refractivity (Wildman–Crippen MR) is 98.7 cm³/mol. The Hall–Kier alpha value is -1.90. The number of hydrogen-bond acceptors (Lipinski definition) is 5. The van der Waals surface area contributed by atoms with Crippen LogP contribution in [0.5, 0.6) is 11.5 Å². The summed E-state index contributed by atoms with van der Waals surface area (Å²) in [4.78, 5) is 16.2. The molecule has 0 saturated carbocycles. The van der Waals surface area contributed by atoms with Crippen LogP contribution in [0.3, 0.4) is 0 Å². The zero-order valence-corrected chi connectivity index (χ0v) is 15.8. The Morgan fingerprint density at radius 3 is 2.58 bits per heavy atom. The van der Waals surface area contributed by atoms with Crippen LogP contribution in [-0.4, -0.2) is 26.3 Å². The number of halogens is 2. The van der Waals surface area contributed by atoms with Gasteiger partial charge in [0.05, 0.1) is 19.4 Å². The number of phenolic OH excluding ortho intramolecular Hbond substituents is 2. The average molecular weight is 471 g/mol. The van der Waals surface area contributed by atoms with E-state index in [9.17, 15) is 15.0 Å². The molecule has 0 radical (unpaired) electrons. The van der Waals surface area contributed by atoms with E-state index in [1.807, 2.05) is 6.07 Å². The molecule has 3 rings (SSSR count). The molecule has 0 bridgehead atoms. The zero-order valence-electron chi connectivity index (χ0n) is 11.8. The maximum Gasteiger partial charge on any atom is 0.335 e. The normalized spacial score (nSPS) is 10.8. The molecule has 0 aliphatic heterocycles. The van der Waals surface area contributed by atoms with E-state index >= 15 is 0 Å². The summed E-state index contributed by atoms with van der Waals surface area (Å²) in [6, 6.07) is 8.24. The number of carboxylic acids is 1. The van der Waals surface area contributed by atoms with Crippen LogP contribution in [-0.2, 0) is 0 Å². The first-order chi connectivity index (χ1) is 11.4. The molecule has 0 atom stereocenters. The van der Waals surface area contributed by atoms with Crippen LogP contribution in [0.1, 0.15) is 10.4 Å². The van der Waals surface area contributed by atoms with Crippen LogP contribution >= 0.6 is 43.2 Å². The molecule has 1 heterocycles. The number of phenols is 2. The maximum atomic E-state index is 11.1. The van der Waals surface area contributed by atoms with Gasteiger partial charge in [-0.3, -0.25) is 0 Å². The van der Waals surface area contributed by atoms with Gasteiger partial charge in [0.25, 0.3) is 0 Å². The Kier molecular flexibility index (Phi) is 4.62. The zero-order chi connectivity index (χ0) is 17.4. The molecule has 0 saturated heterocycles. The predicted octanol–water partition coefficient (Wildman–Crippen LogP) is 5.11. The monoisotopic (exact) mass is 469 g/mol. The van der Waals surface area contributed by atoms with Gasteiger partial charge in [-0.2, -0.15) is 0 Å². The largest absolute Gasteiger partial charge is 0.503 e. The van der Waals surface area contributed by atoms with Gasteiger partial charge in [0.15, 0.2) is 11.5 Å². The third-order valence-electron chi connectivity index (χ3n) is 3.30. The molecule has 0 fully saturated rings. The molecular formula is C16H9Br2NO4S. The number of aromatic nitrogens is 1. The molecule has 8 heteroatoms. The van der Waals surface area contributed by atoms with E-state index in [4.69, 9.17) is 5.11 Å². The average Bonchev–Trinajstić information content (AvgIpc) is 3.06. The second-order valence-corrected chi connectivity index (χ2v) is 7.51. The number of benzene rings is 2. The highest BCUT2D eigenvalue weighted by atomic mass is 79.9. The molecule has 5 nitrogen and oxygen atoms in total. The smallest absolute Gasteiger partial charge is 0.335 e. The first-order valence-electron chi connectivity index (χ1n) is 6.58. The Balaban J connectivity index is 2.06. The van der Waals surface area contributed by atoms with Crippen LogP contribution in [0.4, 0.5) is 0 Å². The van der Waals surface area contributed by atoms with Gasteiger partial charge in [0.2, 0.25) is 0 Å². The SMILES string of the molecule is O=C(O)c1cccc(-c2cnc(-c3cc(Br)c(O)c(O)c3Br)s2)c1. The standard InChI is InChI=1S/C16H9Br2NO4S/c17-10-5-9(12(18)14(21)13(10)20)15-19-6-11(24-15)7-2-1-3-8(4-7)16(22)23/h1-6,20-21H,(H,22,23). The van der Waals surface area contributed by atoms with Crippen LogP contribution < -0.4 is 0 Å². The van der Waals surface area contributed by atoms with Crippen LogP contribution in [0.15, 0.2) is 45.5 Å². The van der Waals surface area contributed by atoms with E-state index < -0.39 is 5.97 Å². The van der Waals surface area contributed by atoms with Gasteiger partial charge in [-0.15, -0.1) is 11.3 Å². The van der Waals surface area contributed by atoms with Gasteiger partial charge in [-0.05, 0) is 55.6 Å². The highest BCUT2D eigenvalue weighted by Gasteiger charge is 2.18. The fourth-order valence-electron chi connectivity index (χ4n) is 2.10. The Morgan fingerprint density at radius 1 is 1.12 bits per heavy atom. The van der Waals surface area contributed by atoms with Crippen molar-refractivity contribution in [3.63, 3.8) is 0 Å². The molecule has 0 spiro atoms. The number of aromatic carboxylic acids is 1. The summed E-state index contributed by atoms with van der Waals surface area (Å²) >= 11 is 7.79. The van der Waals surface area contributed by atoms with Crippen molar-refractivity contribution in [2.75, 3.05) is 0 Å². The Labute approximate surface area is 157 Å². The molecule has 0 amide bonds. The molecule has 0 unspecified atom stereocenters. The van der Waals surface area contributed by atoms with Gasteiger partial charge in [0, 0.05) is 11.8 Å². The third-order valence-corrected chi connectivity index (χ3v) is 5.78. The summed E-state index contributed by atoms with van der Waals surface area (Å²) < 4.78 is 0.686. The van der Waals surface area contributed by atoms with E-state index in [0.29, 0.717) is 19.5 Å². The lowest BCUT2D eigenvalue weighted by atomic mass is 10.1. The van der Waals surface area contributed by atoms with Crippen molar-refractivity contribution in [2.24, 2.45) is 0 Å². The quantitative estimate of drug-likeness (QED) is 0.462. The summed E-state index contributed by atoms with van der Waals surface area (Å²) in [7, 11) is 0. The third kappa shape index (κ3) is 3.04. The number of hydrogen-bond donors (Lipinski definition) is 3. The van der Waals surface area contributed by atoms with Gasteiger partial charge in [0.1, 0.15) is 5.01 Å². The Bertz CT molecular complexity index is 955. The van der Waals surface area contributed by atoms with Gasteiger partial charge < -0.3 is 15.3 Å². The summed E-state index contributed by atoms with van der Waals surface area (Å²) in [5.74, 6) is -1.52. The van der Waals surface area contributed by atoms with Crippen molar-refractivity contribution in [1.29, 1.82) is 0 Å². The van der Waals surface area contributed by atoms with E-state index in [-0.39, 0.29) is 17.1 Å². The molecule has 3 N–H and O–H groups in total. The van der Waals surface area contributed by atoms with Crippen LogP contribution in [0.25, 0.3) is 21.0 Å². The molecule has 122 valence electrons. The summed E-state index contributed by atoms with van der Waals surface area (Å²) in [5.41, 5.74) is 1.56. The van der Waals surface area contributed by atoms with Crippen LogP contribution in [0.2, 0.25) is 0 Å². The number of rotatable bonds is 3. The summed E-state index contributed by atoms with van der Waals surface area (Å²) in [6.07, 6.45) is 1.64. The van der Waals surface area contributed by atoms with Gasteiger partial charge in [-0.1, -0.05) is 12.1 Å². The molecule has 2 aromatic carbocycles. The van der Waals surface area contributed by atoms with Gasteiger partial charge in [-0.25, -0.2) is 9.78 Å². The van der Waals surface area contributed by atoms with Crippen LogP contribution in [0, 0.1) is 0 Å². The number of carbonyl (C=O) groups is 1. The lowest BCUT2D eigenvalue weighted by Crippen LogP contribution is -1.95. The minimum absolute atomic E-state index is 0.202. The van der Waals surface area contributed by atoms with Crippen molar-refractivity contribution < 1.29 is 20.1 Å². The fourth-order valence-corrected chi connectivity index (χ4v) is 4.07. The highest BCUT2D eigenvalue weighted by molar-refractivity contribution is 9.11. The van der Waals surface area contributed by atoms with Crippen molar-refractivity contribution in [3.8, 4) is 32.5 Å². The minimum Gasteiger partial charge on any atom is -0.503 e. The fraction of sp³-hybridized carbons (Fsp3) is 0. The molecule has 1 aromatic heterocycles. The topological polar surface area (TPSA) is 90.7 Å². The number of thiazole rings is 1. The maximum absolute atomic E-state index is 11.1. The first-order valence-corrected chi connectivity index (χ1v) is 8.98.